The smallest absolute Gasteiger partial charge is 0.331 e. The van der Waals surface area contributed by atoms with Gasteiger partial charge in [0.15, 0.2) is 5.76 Å². The maximum atomic E-state index is 12.8. The maximum absolute atomic E-state index is 12.8. The van der Waals surface area contributed by atoms with Crippen LogP contribution in [0.4, 0.5) is 0 Å². The summed E-state index contributed by atoms with van der Waals surface area (Å²) in [6.07, 6.45) is 3.98. The summed E-state index contributed by atoms with van der Waals surface area (Å²) in [5.41, 5.74) is 0.370. The summed E-state index contributed by atoms with van der Waals surface area (Å²) in [6, 6.07) is 5.39. The van der Waals surface area contributed by atoms with E-state index in [4.69, 9.17) is 13.9 Å². The number of amides is 1. The molecular weight excluding hydrogens is 322 g/mol. The molecule has 6 heteroatoms. The van der Waals surface area contributed by atoms with Crippen molar-refractivity contribution in [1.82, 2.24) is 5.32 Å². The monoisotopic (exact) mass is 345 g/mol. The van der Waals surface area contributed by atoms with Crippen LogP contribution in [0, 0.1) is 6.92 Å². The van der Waals surface area contributed by atoms with Gasteiger partial charge in [-0.3, -0.25) is 4.79 Å². The molecule has 0 spiro atoms. The third kappa shape index (κ3) is 3.08. The number of benzene rings is 1. The van der Waals surface area contributed by atoms with E-state index < -0.39 is 11.5 Å². The fourth-order valence-electron chi connectivity index (χ4n) is 3.55. The number of fused-ring (bicyclic) bond motifs is 1. The predicted molar refractivity (Wildman–Crippen MR) is 92.8 cm³/mol. The highest BCUT2D eigenvalue weighted by atomic mass is 16.5. The Kier molecular flexibility index (Phi) is 4.70. The van der Waals surface area contributed by atoms with Crippen molar-refractivity contribution in [2.75, 3.05) is 14.2 Å². The van der Waals surface area contributed by atoms with Gasteiger partial charge < -0.3 is 19.2 Å². The number of methoxy groups -OCH3 is 2. The van der Waals surface area contributed by atoms with E-state index in [9.17, 15) is 9.59 Å². The molecule has 6 nitrogen and oxygen atoms in total. The number of hydrogen-bond donors (Lipinski definition) is 1. The van der Waals surface area contributed by atoms with Gasteiger partial charge in [-0.25, -0.2) is 4.79 Å². The molecule has 1 aliphatic rings. The summed E-state index contributed by atoms with van der Waals surface area (Å²) in [4.78, 5) is 25.2. The molecule has 25 heavy (non-hydrogen) atoms. The number of furan rings is 1. The van der Waals surface area contributed by atoms with Gasteiger partial charge in [0.2, 0.25) is 0 Å². The van der Waals surface area contributed by atoms with Crippen LogP contribution in [0.15, 0.2) is 22.6 Å². The molecule has 0 unspecified atom stereocenters. The largest absolute Gasteiger partial charge is 0.497 e. The Morgan fingerprint density at radius 3 is 2.52 bits per heavy atom. The van der Waals surface area contributed by atoms with E-state index in [0.717, 1.165) is 30.2 Å². The van der Waals surface area contributed by atoms with E-state index in [1.165, 1.54) is 7.11 Å². The number of nitrogens with one attached hydrogen (secondary N) is 1. The van der Waals surface area contributed by atoms with Crippen LogP contribution in [0.5, 0.6) is 5.75 Å². The molecule has 0 bridgehead atoms. The predicted octanol–water partition coefficient (Wildman–Crippen LogP) is 3.36. The van der Waals surface area contributed by atoms with Gasteiger partial charge in [-0.1, -0.05) is 19.3 Å². The molecule has 0 atom stereocenters. The Morgan fingerprint density at radius 1 is 1.16 bits per heavy atom. The van der Waals surface area contributed by atoms with Gasteiger partial charge in [0.1, 0.15) is 16.9 Å². The zero-order chi connectivity index (χ0) is 18.0. The van der Waals surface area contributed by atoms with Gasteiger partial charge in [0.05, 0.1) is 14.2 Å². The van der Waals surface area contributed by atoms with Crippen molar-refractivity contribution in [3.05, 3.63) is 29.5 Å². The Hall–Kier alpha value is -2.50. The van der Waals surface area contributed by atoms with Crippen LogP contribution in [-0.2, 0) is 9.53 Å². The molecule has 3 rings (SSSR count). The number of hydrogen-bond acceptors (Lipinski definition) is 5. The second kappa shape index (κ2) is 6.78. The molecule has 0 radical (unpaired) electrons. The molecule has 1 N–H and O–H groups in total. The first kappa shape index (κ1) is 17.3. The molecule has 0 saturated heterocycles. The van der Waals surface area contributed by atoms with Gasteiger partial charge in [0, 0.05) is 10.9 Å². The van der Waals surface area contributed by atoms with Gasteiger partial charge in [-0.05, 0) is 38.0 Å². The van der Waals surface area contributed by atoms with Crippen LogP contribution in [0.3, 0.4) is 0 Å². The van der Waals surface area contributed by atoms with E-state index in [1.807, 2.05) is 13.0 Å². The van der Waals surface area contributed by atoms with E-state index >= 15 is 0 Å². The highest BCUT2D eigenvalue weighted by Gasteiger charge is 2.42. The van der Waals surface area contributed by atoms with Gasteiger partial charge >= 0.3 is 5.97 Å². The third-order valence-electron chi connectivity index (χ3n) is 4.99. The van der Waals surface area contributed by atoms with Crippen LogP contribution < -0.4 is 10.1 Å². The number of aryl methyl sites for hydroxylation is 1. The van der Waals surface area contributed by atoms with Crippen LogP contribution in [0.2, 0.25) is 0 Å². The average molecular weight is 345 g/mol. The Labute approximate surface area is 146 Å². The Balaban J connectivity index is 1.93. The number of esters is 1. The van der Waals surface area contributed by atoms with E-state index in [2.05, 4.69) is 5.32 Å². The summed E-state index contributed by atoms with van der Waals surface area (Å²) < 4.78 is 15.9. The molecule has 1 saturated carbocycles. The van der Waals surface area contributed by atoms with Crippen molar-refractivity contribution < 1.29 is 23.5 Å². The molecule has 1 heterocycles. The van der Waals surface area contributed by atoms with Crippen LogP contribution in [0.1, 0.15) is 48.2 Å². The lowest BCUT2D eigenvalue weighted by molar-refractivity contribution is -0.149. The topological polar surface area (TPSA) is 77.8 Å². The lowest BCUT2D eigenvalue weighted by atomic mass is 9.81. The minimum absolute atomic E-state index is 0.220. The molecular formula is C19H23NO5. The van der Waals surface area contributed by atoms with Crippen LogP contribution >= 0.6 is 0 Å². The first-order chi connectivity index (χ1) is 12.0. The zero-order valence-electron chi connectivity index (χ0n) is 14.8. The quantitative estimate of drug-likeness (QED) is 0.860. The minimum atomic E-state index is -0.965. The molecule has 1 fully saturated rings. The summed E-state index contributed by atoms with van der Waals surface area (Å²) in [7, 11) is 2.94. The normalized spacial score (nSPS) is 16.4. The molecule has 1 amide bonds. The van der Waals surface area contributed by atoms with Crippen LogP contribution in [-0.4, -0.2) is 31.6 Å². The average Bonchev–Trinajstić information content (AvgIpc) is 2.98. The molecule has 1 aromatic heterocycles. The molecule has 2 aromatic rings. The van der Waals surface area contributed by atoms with Crippen LogP contribution in [0.25, 0.3) is 11.0 Å². The number of carbonyl (C=O) groups excluding carboxylic acids is 2. The second-order valence-corrected chi connectivity index (χ2v) is 6.51. The number of ether oxygens (including phenoxy) is 2. The fraction of sp³-hybridized carbons (Fsp3) is 0.474. The fourth-order valence-corrected chi connectivity index (χ4v) is 3.55. The van der Waals surface area contributed by atoms with E-state index in [1.54, 1.807) is 19.2 Å². The standard InChI is InChI=1S/C19H23NO5/c1-12-14-11-13(23-2)7-8-15(14)25-16(12)17(21)20-19(18(22)24-3)9-5-4-6-10-19/h7-8,11H,4-6,9-10H2,1-3H3,(H,20,21). The van der Waals surface area contributed by atoms with Gasteiger partial charge in [-0.2, -0.15) is 0 Å². The summed E-state index contributed by atoms with van der Waals surface area (Å²) >= 11 is 0. The van der Waals surface area contributed by atoms with E-state index in [-0.39, 0.29) is 11.7 Å². The van der Waals surface area contributed by atoms with Crippen molar-refractivity contribution in [3.8, 4) is 5.75 Å². The molecule has 0 aliphatic heterocycles. The van der Waals surface area contributed by atoms with Gasteiger partial charge in [0.25, 0.3) is 5.91 Å². The van der Waals surface area contributed by atoms with Crippen molar-refractivity contribution >= 4 is 22.8 Å². The second-order valence-electron chi connectivity index (χ2n) is 6.51. The maximum Gasteiger partial charge on any atom is 0.331 e. The third-order valence-corrected chi connectivity index (χ3v) is 4.99. The highest BCUT2D eigenvalue weighted by Crippen LogP contribution is 2.32. The first-order valence-corrected chi connectivity index (χ1v) is 8.49. The summed E-state index contributed by atoms with van der Waals surface area (Å²) in [5.74, 6) is 0.134. The highest BCUT2D eigenvalue weighted by molar-refractivity contribution is 6.01. The minimum Gasteiger partial charge on any atom is -0.497 e. The van der Waals surface area contributed by atoms with E-state index in [0.29, 0.717) is 24.2 Å². The van der Waals surface area contributed by atoms with Crippen molar-refractivity contribution in [2.24, 2.45) is 0 Å². The summed E-state index contributed by atoms with van der Waals surface area (Å²) in [6.45, 7) is 1.83. The molecule has 1 aliphatic carbocycles. The lowest BCUT2D eigenvalue weighted by Gasteiger charge is -2.34. The Bertz CT molecular complexity index is 801. The first-order valence-electron chi connectivity index (χ1n) is 8.49. The molecule has 1 aromatic carbocycles. The zero-order valence-corrected chi connectivity index (χ0v) is 14.8. The lowest BCUT2D eigenvalue weighted by Crippen LogP contribution is -2.56. The Morgan fingerprint density at radius 2 is 1.88 bits per heavy atom. The van der Waals surface area contributed by atoms with Crippen molar-refractivity contribution in [1.29, 1.82) is 0 Å². The molecule has 134 valence electrons. The van der Waals surface area contributed by atoms with Crippen molar-refractivity contribution in [3.63, 3.8) is 0 Å². The number of rotatable bonds is 4. The summed E-state index contributed by atoms with van der Waals surface area (Å²) in [5, 5.41) is 3.71. The van der Waals surface area contributed by atoms with Crippen molar-refractivity contribution in [2.45, 2.75) is 44.6 Å². The SMILES string of the molecule is COC(=O)C1(NC(=O)c2oc3ccc(OC)cc3c2C)CCCCC1. The van der Waals surface area contributed by atoms with Gasteiger partial charge in [-0.15, -0.1) is 0 Å². The number of carbonyl (C=O) groups is 2.